The van der Waals surface area contributed by atoms with Crippen LogP contribution < -0.4 is 5.32 Å². The monoisotopic (exact) mass is 265 g/mol. The maximum absolute atomic E-state index is 3.58. The first-order chi connectivity index (χ1) is 9.86. The molecule has 1 fully saturated rings. The largest absolute Gasteiger partial charge is 0.309 e. The maximum atomic E-state index is 3.58. The second kappa shape index (κ2) is 6.23. The Balaban J connectivity index is 1.56. The van der Waals surface area contributed by atoms with Crippen molar-refractivity contribution in [2.75, 3.05) is 0 Å². The molecule has 0 aromatic heterocycles. The van der Waals surface area contributed by atoms with Crippen molar-refractivity contribution in [2.24, 2.45) is 0 Å². The van der Waals surface area contributed by atoms with Crippen LogP contribution in [0.25, 0.3) is 0 Å². The van der Waals surface area contributed by atoms with Gasteiger partial charge in [-0.1, -0.05) is 55.5 Å². The van der Waals surface area contributed by atoms with Crippen LogP contribution in [0.15, 0.2) is 48.5 Å². The molecule has 1 N–H and O–H groups in total. The van der Waals surface area contributed by atoms with Crippen molar-refractivity contribution in [3.05, 3.63) is 70.8 Å². The molecule has 2 aromatic rings. The molecule has 1 aliphatic carbocycles. The number of benzene rings is 2. The highest BCUT2D eigenvalue weighted by atomic mass is 14.8. The normalized spacial score (nSPS) is 14.4. The Morgan fingerprint density at radius 2 is 1.60 bits per heavy atom. The van der Waals surface area contributed by atoms with Crippen LogP contribution in [0.1, 0.15) is 47.9 Å². The molecule has 2 aromatic carbocycles. The van der Waals surface area contributed by atoms with Crippen LogP contribution in [0.3, 0.4) is 0 Å². The summed E-state index contributed by atoms with van der Waals surface area (Å²) in [5.74, 6) is 0.830. The highest BCUT2D eigenvalue weighted by molar-refractivity contribution is 5.33. The Labute approximate surface area is 122 Å². The molecule has 1 heteroatoms. The lowest BCUT2D eigenvalue weighted by Gasteiger charge is -2.10. The van der Waals surface area contributed by atoms with Gasteiger partial charge in [-0.3, -0.25) is 0 Å². The third-order valence-electron chi connectivity index (χ3n) is 4.15. The molecule has 0 radical (unpaired) electrons. The Hall–Kier alpha value is -1.60. The van der Waals surface area contributed by atoms with E-state index in [0.717, 1.165) is 25.4 Å². The summed E-state index contributed by atoms with van der Waals surface area (Å²) in [7, 11) is 0. The van der Waals surface area contributed by atoms with E-state index in [-0.39, 0.29) is 0 Å². The van der Waals surface area contributed by atoms with Gasteiger partial charge in [0.15, 0.2) is 0 Å². The summed E-state index contributed by atoms with van der Waals surface area (Å²) < 4.78 is 0. The number of hydrogen-bond donors (Lipinski definition) is 1. The lowest BCUT2D eigenvalue weighted by atomic mass is 10.0. The van der Waals surface area contributed by atoms with E-state index < -0.39 is 0 Å². The van der Waals surface area contributed by atoms with Crippen LogP contribution in [-0.4, -0.2) is 0 Å². The summed E-state index contributed by atoms with van der Waals surface area (Å²) in [6.45, 7) is 4.12. The summed E-state index contributed by atoms with van der Waals surface area (Å²) in [5.41, 5.74) is 5.81. The fraction of sp³-hybridized carbons (Fsp3) is 0.368. The third-order valence-corrected chi connectivity index (χ3v) is 4.15. The van der Waals surface area contributed by atoms with Crippen molar-refractivity contribution in [3.63, 3.8) is 0 Å². The smallest absolute Gasteiger partial charge is 0.0211 e. The molecule has 0 heterocycles. The van der Waals surface area contributed by atoms with E-state index in [0.29, 0.717) is 0 Å². The molecule has 0 atom stereocenters. The first-order valence-electron chi connectivity index (χ1n) is 7.73. The minimum Gasteiger partial charge on any atom is -0.309 e. The van der Waals surface area contributed by atoms with E-state index in [4.69, 9.17) is 0 Å². The van der Waals surface area contributed by atoms with Crippen molar-refractivity contribution in [2.45, 2.75) is 45.2 Å². The van der Waals surface area contributed by atoms with E-state index >= 15 is 0 Å². The lowest BCUT2D eigenvalue weighted by Crippen LogP contribution is -2.13. The maximum Gasteiger partial charge on any atom is 0.0211 e. The quantitative estimate of drug-likeness (QED) is 0.815. The predicted octanol–water partition coefficient (Wildman–Crippen LogP) is 4.42. The zero-order valence-corrected chi connectivity index (χ0v) is 12.2. The summed E-state index contributed by atoms with van der Waals surface area (Å²) in [6, 6.07) is 17.8. The van der Waals surface area contributed by atoms with E-state index in [9.17, 15) is 0 Å². The van der Waals surface area contributed by atoms with Gasteiger partial charge in [-0.05, 0) is 47.4 Å². The van der Waals surface area contributed by atoms with E-state index in [1.54, 1.807) is 5.56 Å². The van der Waals surface area contributed by atoms with Gasteiger partial charge >= 0.3 is 0 Å². The number of aryl methyl sites for hydroxylation is 1. The molecule has 3 rings (SSSR count). The van der Waals surface area contributed by atoms with Gasteiger partial charge in [-0.2, -0.15) is 0 Å². The average Bonchev–Trinajstić information content (AvgIpc) is 3.33. The second-order valence-electron chi connectivity index (χ2n) is 5.75. The topological polar surface area (TPSA) is 12.0 Å². The first kappa shape index (κ1) is 13.4. The Bertz CT molecular complexity index is 552. The van der Waals surface area contributed by atoms with Crippen LogP contribution in [0.2, 0.25) is 0 Å². The molecule has 0 aliphatic heterocycles. The van der Waals surface area contributed by atoms with Crippen LogP contribution in [0.5, 0.6) is 0 Å². The summed E-state index contributed by atoms with van der Waals surface area (Å²) >= 11 is 0. The van der Waals surface area contributed by atoms with Crippen LogP contribution >= 0.6 is 0 Å². The number of rotatable bonds is 6. The molecule has 0 amide bonds. The molecule has 1 nitrogen and oxygen atoms in total. The van der Waals surface area contributed by atoms with Gasteiger partial charge < -0.3 is 5.32 Å². The molecule has 1 saturated carbocycles. The van der Waals surface area contributed by atoms with Gasteiger partial charge in [0.05, 0.1) is 0 Å². The lowest BCUT2D eigenvalue weighted by molar-refractivity contribution is 0.687. The molecule has 0 spiro atoms. The first-order valence-corrected chi connectivity index (χ1v) is 7.73. The molecular formula is C19H23N. The zero-order valence-electron chi connectivity index (χ0n) is 12.2. The van der Waals surface area contributed by atoms with E-state index in [1.807, 2.05) is 0 Å². The molecule has 0 saturated heterocycles. The summed E-state index contributed by atoms with van der Waals surface area (Å²) in [5, 5.41) is 3.58. The van der Waals surface area contributed by atoms with Gasteiger partial charge in [0.1, 0.15) is 0 Å². The number of nitrogens with one attached hydrogen (secondary N) is 1. The predicted molar refractivity (Wildman–Crippen MR) is 84.8 cm³/mol. The molecular weight excluding hydrogens is 242 g/mol. The van der Waals surface area contributed by atoms with Gasteiger partial charge in [-0.15, -0.1) is 0 Å². The average molecular weight is 265 g/mol. The van der Waals surface area contributed by atoms with Crippen LogP contribution in [0.4, 0.5) is 0 Å². The highest BCUT2D eigenvalue weighted by Crippen LogP contribution is 2.41. The Morgan fingerprint density at radius 3 is 2.30 bits per heavy atom. The van der Waals surface area contributed by atoms with E-state index in [2.05, 4.69) is 60.8 Å². The van der Waals surface area contributed by atoms with Crippen molar-refractivity contribution in [3.8, 4) is 0 Å². The van der Waals surface area contributed by atoms with Gasteiger partial charge in [0.25, 0.3) is 0 Å². The standard InChI is InChI=1S/C19H23N/c1-2-15-7-9-16(10-8-15)13-20-14-18-5-3-4-6-19(18)17-11-12-17/h3-10,17,20H,2,11-14H2,1H3. The molecule has 0 unspecified atom stereocenters. The molecule has 0 bridgehead atoms. The van der Waals surface area contributed by atoms with Crippen molar-refractivity contribution in [1.29, 1.82) is 0 Å². The Kier molecular flexibility index (Phi) is 4.17. The minimum atomic E-state index is 0.830. The van der Waals surface area contributed by atoms with Crippen LogP contribution in [-0.2, 0) is 19.5 Å². The van der Waals surface area contributed by atoms with Crippen LogP contribution in [0, 0.1) is 0 Å². The molecule has 20 heavy (non-hydrogen) atoms. The van der Waals surface area contributed by atoms with Crippen molar-refractivity contribution < 1.29 is 0 Å². The number of hydrogen-bond acceptors (Lipinski definition) is 1. The third kappa shape index (κ3) is 3.29. The van der Waals surface area contributed by atoms with Gasteiger partial charge in [0.2, 0.25) is 0 Å². The summed E-state index contributed by atoms with van der Waals surface area (Å²) in [6.07, 6.45) is 3.85. The van der Waals surface area contributed by atoms with Gasteiger partial charge in [0, 0.05) is 13.1 Å². The van der Waals surface area contributed by atoms with Crippen molar-refractivity contribution in [1.82, 2.24) is 5.32 Å². The zero-order chi connectivity index (χ0) is 13.8. The fourth-order valence-corrected chi connectivity index (χ4v) is 2.72. The Morgan fingerprint density at radius 1 is 0.900 bits per heavy atom. The van der Waals surface area contributed by atoms with E-state index in [1.165, 1.54) is 29.5 Å². The van der Waals surface area contributed by atoms with Crippen molar-refractivity contribution >= 4 is 0 Å². The van der Waals surface area contributed by atoms with Gasteiger partial charge in [-0.25, -0.2) is 0 Å². The highest BCUT2D eigenvalue weighted by Gasteiger charge is 2.25. The second-order valence-corrected chi connectivity index (χ2v) is 5.75. The minimum absolute atomic E-state index is 0.830. The molecule has 104 valence electrons. The summed E-state index contributed by atoms with van der Waals surface area (Å²) in [4.78, 5) is 0. The fourth-order valence-electron chi connectivity index (χ4n) is 2.72. The SMILES string of the molecule is CCc1ccc(CNCc2ccccc2C2CC2)cc1. The molecule has 1 aliphatic rings.